The Hall–Kier alpha value is -0.950. The van der Waals surface area contributed by atoms with Gasteiger partial charge in [-0.05, 0) is 41.8 Å². The van der Waals surface area contributed by atoms with Crippen LogP contribution in [0.2, 0.25) is 10.0 Å². The molecule has 0 bridgehead atoms. The Balaban J connectivity index is 1.57. The van der Waals surface area contributed by atoms with Crippen LogP contribution in [0, 0.1) is 0 Å². The van der Waals surface area contributed by atoms with E-state index in [0.717, 1.165) is 21.8 Å². The number of aliphatic hydroxyl groups is 1. The topological polar surface area (TPSA) is 36.4 Å². The second kappa shape index (κ2) is 6.99. The minimum absolute atomic E-state index is 0.127. The molecule has 3 aromatic rings. The summed E-state index contributed by atoms with van der Waals surface area (Å²) in [5, 5.41) is 17.0. The van der Waals surface area contributed by atoms with Crippen LogP contribution in [0.4, 0.5) is 0 Å². The lowest BCUT2D eigenvalue weighted by molar-refractivity contribution is 0.0719. The Kier molecular flexibility index (Phi) is 4.88. The van der Waals surface area contributed by atoms with Crippen molar-refractivity contribution in [2.75, 3.05) is 7.05 Å². The molecule has 0 aliphatic heterocycles. The van der Waals surface area contributed by atoms with Crippen LogP contribution < -0.4 is 0 Å². The maximum absolute atomic E-state index is 10.6. The number of hydrogen-bond acceptors (Lipinski definition) is 5. The zero-order valence-corrected chi connectivity index (χ0v) is 16.6. The third kappa shape index (κ3) is 3.37. The van der Waals surface area contributed by atoms with Gasteiger partial charge in [-0.1, -0.05) is 29.3 Å². The normalized spacial score (nSPS) is 19.6. The van der Waals surface area contributed by atoms with Crippen LogP contribution in [0.1, 0.15) is 22.9 Å². The van der Waals surface area contributed by atoms with Gasteiger partial charge in [-0.15, -0.1) is 22.7 Å². The molecular weight excluding hydrogens is 395 g/mol. The quantitative estimate of drug-likeness (QED) is 0.636. The van der Waals surface area contributed by atoms with Crippen molar-refractivity contribution < 1.29 is 5.11 Å². The Morgan fingerprint density at radius 1 is 1.32 bits per heavy atom. The highest BCUT2D eigenvalue weighted by atomic mass is 35.5. The van der Waals surface area contributed by atoms with Gasteiger partial charge in [0.1, 0.15) is 5.01 Å². The van der Waals surface area contributed by atoms with E-state index >= 15 is 0 Å². The van der Waals surface area contributed by atoms with E-state index in [1.807, 2.05) is 19.2 Å². The van der Waals surface area contributed by atoms with Gasteiger partial charge in [0.05, 0.1) is 22.7 Å². The molecule has 1 N–H and O–H groups in total. The van der Waals surface area contributed by atoms with Gasteiger partial charge in [0.2, 0.25) is 0 Å². The molecule has 0 fully saturated rings. The number of halogens is 2. The van der Waals surface area contributed by atoms with Crippen LogP contribution >= 0.6 is 45.9 Å². The first-order valence-electron chi connectivity index (χ1n) is 7.87. The fourth-order valence-corrected chi connectivity index (χ4v) is 5.62. The summed E-state index contributed by atoms with van der Waals surface area (Å²) in [4.78, 5) is 8.04. The molecule has 25 heavy (non-hydrogen) atoms. The SMILES string of the molecule is CN(Cc1csc(-c2cccs2)n1)[C@@H]1c2cc(Cl)cc(Cl)c2C[C@H]1O. The lowest BCUT2D eigenvalue weighted by Gasteiger charge is -2.27. The first kappa shape index (κ1) is 17.5. The lowest BCUT2D eigenvalue weighted by atomic mass is 10.1. The summed E-state index contributed by atoms with van der Waals surface area (Å²) in [5.41, 5.74) is 3.01. The molecule has 7 heteroatoms. The summed E-state index contributed by atoms with van der Waals surface area (Å²) >= 11 is 15.8. The second-order valence-electron chi connectivity index (χ2n) is 6.21. The number of aliphatic hydroxyl groups excluding tert-OH is 1. The smallest absolute Gasteiger partial charge is 0.133 e. The molecule has 1 aromatic carbocycles. The molecule has 1 aliphatic rings. The third-order valence-corrected chi connectivity index (χ3v) is 6.95. The highest BCUT2D eigenvalue weighted by molar-refractivity contribution is 7.20. The second-order valence-corrected chi connectivity index (χ2v) is 8.86. The molecule has 0 saturated carbocycles. The van der Waals surface area contributed by atoms with Gasteiger partial charge in [-0.25, -0.2) is 4.98 Å². The lowest BCUT2D eigenvalue weighted by Crippen LogP contribution is -2.30. The highest BCUT2D eigenvalue weighted by Crippen LogP contribution is 2.41. The number of aromatic nitrogens is 1. The summed E-state index contributed by atoms with van der Waals surface area (Å²) in [7, 11) is 2.00. The molecule has 130 valence electrons. The first-order valence-corrected chi connectivity index (χ1v) is 10.4. The maximum atomic E-state index is 10.6. The minimum Gasteiger partial charge on any atom is -0.391 e. The Morgan fingerprint density at radius 2 is 2.16 bits per heavy atom. The summed E-state index contributed by atoms with van der Waals surface area (Å²) in [6, 6.07) is 7.64. The van der Waals surface area contributed by atoms with Crippen molar-refractivity contribution >= 4 is 45.9 Å². The zero-order chi connectivity index (χ0) is 17.6. The van der Waals surface area contributed by atoms with Crippen molar-refractivity contribution in [3.63, 3.8) is 0 Å². The zero-order valence-electron chi connectivity index (χ0n) is 13.4. The number of rotatable bonds is 4. The third-order valence-electron chi connectivity index (χ3n) is 4.46. The van der Waals surface area contributed by atoms with Crippen LogP contribution in [-0.2, 0) is 13.0 Å². The van der Waals surface area contributed by atoms with E-state index in [4.69, 9.17) is 28.2 Å². The molecule has 0 spiro atoms. The number of fused-ring (bicyclic) bond motifs is 1. The fraction of sp³-hybridized carbons (Fsp3) is 0.278. The minimum atomic E-state index is -0.494. The van der Waals surface area contributed by atoms with Gasteiger partial charge in [0.25, 0.3) is 0 Å². The standard InChI is InChI=1S/C18H16Cl2N2OS2/c1-22(8-11-9-25-18(21-11)16-3-2-4-24-16)17-13-5-10(19)6-14(20)12(13)7-15(17)23/h2-6,9,15,17,23H,7-8H2,1H3/t15-,17-/m1/s1. The van der Waals surface area contributed by atoms with Crippen molar-refractivity contribution in [1.82, 2.24) is 9.88 Å². The molecule has 0 radical (unpaired) electrons. The van der Waals surface area contributed by atoms with E-state index in [1.165, 1.54) is 4.88 Å². The number of likely N-dealkylation sites (N-methyl/N-ethyl adjacent to an activating group) is 1. The van der Waals surface area contributed by atoms with Gasteiger partial charge >= 0.3 is 0 Å². The number of benzene rings is 1. The maximum Gasteiger partial charge on any atom is 0.133 e. The van der Waals surface area contributed by atoms with Crippen molar-refractivity contribution in [2.24, 2.45) is 0 Å². The number of nitrogens with zero attached hydrogens (tertiary/aromatic N) is 2. The molecule has 1 aliphatic carbocycles. The Labute approximate surface area is 164 Å². The molecule has 4 rings (SSSR count). The molecule has 0 unspecified atom stereocenters. The van der Waals surface area contributed by atoms with Crippen LogP contribution in [0.15, 0.2) is 35.0 Å². The summed E-state index contributed by atoms with van der Waals surface area (Å²) in [6.07, 6.45) is 0.0593. The average Bonchev–Trinajstić information content (AvgIpc) is 3.25. The van der Waals surface area contributed by atoms with Crippen molar-refractivity contribution in [3.8, 4) is 9.88 Å². The molecule has 0 amide bonds. The number of hydrogen-bond donors (Lipinski definition) is 1. The largest absolute Gasteiger partial charge is 0.391 e. The van der Waals surface area contributed by atoms with Gasteiger partial charge in [-0.3, -0.25) is 4.90 Å². The predicted molar refractivity (Wildman–Crippen MR) is 106 cm³/mol. The molecule has 3 nitrogen and oxygen atoms in total. The number of thiophene rings is 1. The summed E-state index contributed by atoms with van der Waals surface area (Å²) in [6.45, 7) is 0.660. The molecular formula is C18H16Cl2N2OS2. The van der Waals surface area contributed by atoms with Crippen molar-refractivity contribution in [3.05, 3.63) is 61.9 Å². The van der Waals surface area contributed by atoms with E-state index in [9.17, 15) is 5.11 Å². The van der Waals surface area contributed by atoms with Gasteiger partial charge in [0, 0.05) is 28.4 Å². The first-order chi connectivity index (χ1) is 12.0. The molecule has 0 saturated heterocycles. The van der Waals surface area contributed by atoms with Gasteiger partial charge in [0.15, 0.2) is 0 Å². The Bertz CT molecular complexity index is 895. The average molecular weight is 411 g/mol. The summed E-state index contributed by atoms with van der Waals surface area (Å²) < 4.78 is 0. The van der Waals surface area contributed by atoms with Gasteiger partial charge < -0.3 is 5.11 Å². The molecule has 2 aromatic heterocycles. The highest BCUT2D eigenvalue weighted by Gasteiger charge is 2.35. The van der Waals surface area contributed by atoms with E-state index < -0.39 is 6.10 Å². The van der Waals surface area contributed by atoms with E-state index in [0.29, 0.717) is 23.0 Å². The summed E-state index contributed by atoms with van der Waals surface area (Å²) in [5.74, 6) is 0. The monoisotopic (exact) mass is 410 g/mol. The van der Waals surface area contributed by atoms with Crippen LogP contribution in [0.3, 0.4) is 0 Å². The van der Waals surface area contributed by atoms with Crippen LogP contribution in [0.25, 0.3) is 9.88 Å². The Morgan fingerprint density at radius 3 is 2.92 bits per heavy atom. The van der Waals surface area contributed by atoms with E-state index in [2.05, 4.69) is 21.7 Å². The fourth-order valence-electron chi connectivity index (χ4n) is 3.41. The van der Waals surface area contributed by atoms with Gasteiger partial charge in [-0.2, -0.15) is 0 Å². The number of thiazole rings is 1. The van der Waals surface area contributed by atoms with Crippen LogP contribution in [-0.4, -0.2) is 28.1 Å². The molecule has 2 atom stereocenters. The van der Waals surface area contributed by atoms with Crippen molar-refractivity contribution in [1.29, 1.82) is 0 Å². The van der Waals surface area contributed by atoms with E-state index in [-0.39, 0.29) is 6.04 Å². The predicted octanol–water partition coefficient (Wildman–Crippen LogP) is 5.27. The van der Waals surface area contributed by atoms with Crippen molar-refractivity contribution in [2.45, 2.75) is 25.1 Å². The van der Waals surface area contributed by atoms with Crippen LogP contribution in [0.5, 0.6) is 0 Å². The van der Waals surface area contributed by atoms with E-state index in [1.54, 1.807) is 28.7 Å². The molecule has 2 heterocycles.